The molecule has 0 aliphatic carbocycles. The van der Waals surface area contributed by atoms with Crippen LogP contribution in [-0.4, -0.2) is 12.1 Å². The van der Waals surface area contributed by atoms with Gasteiger partial charge >= 0.3 is 6.18 Å². The van der Waals surface area contributed by atoms with Crippen LogP contribution in [0, 0.1) is 11.7 Å². The molecule has 0 saturated heterocycles. The predicted molar refractivity (Wildman–Crippen MR) is 76.7 cm³/mol. The second-order valence-electron chi connectivity index (χ2n) is 6.63. The number of nitrogens with one attached hydrogen (secondary N) is 1. The quantitative estimate of drug-likeness (QED) is 0.774. The highest BCUT2D eigenvalue weighted by Crippen LogP contribution is 2.34. The average Bonchev–Trinajstić information content (AvgIpc) is 2.33. The van der Waals surface area contributed by atoms with Crippen LogP contribution in [0.15, 0.2) is 18.2 Å². The van der Waals surface area contributed by atoms with Gasteiger partial charge in [-0.05, 0) is 56.8 Å². The standard InChI is InChI=1S/C16H23F4N/c1-10(9-21-15(3,4)5)11(2)12-6-7-14(17)13(8-12)16(18,19)20/h6-8,10-11,21H,9H2,1-5H3. The Balaban J connectivity index is 2.90. The lowest BCUT2D eigenvalue weighted by Crippen LogP contribution is -2.39. The molecule has 21 heavy (non-hydrogen) atoms. The molecule has 1 N–H and O–H groups in total. The van der Waals surface area contributed by atoms with Gasteiger partial charge in [0.05, 0.1) is 5.56 Å². The number of hydrogen-bond donors (Lipinski definition) is 1. The highest BCUT2D eigenvalue weighted by Gasteiger charge is 2.34. The summed E-state index contributed by atoms with van der Waals surface area (Å²) in [6.45, 7) is 10.6. The molecule has 0 fully saturated rings. The summed E-state index contributed by atoms with van der Waals surface area (Å²) in [5, 5.41) is 3.33. The van der Waals surface area contributed by atoms with Crippen LogP contribution in [-0.2, 0) is 6.18 Å². The SMILES string of the molecule is CC(CNC(C)(C)C)C(C)c1ccc(F)c(C(F)(F)F)c1. The highest BCUT2D eigenvalue weighted by atomic mass is 19.4. The van der Waals surface area contributed by atoms with Crippen LogP contribution >= 0.6 is 0 Å². The van der Waals surface area contributed by atoms with E-state index in [0.29, 0.717) is 12.1 Å². The first-order valence-corrected chi connectivity index (χ1v) is 7.03. The van der Waals surface area contributed by atoms with Gasteiger partial charge in [0, 0.05) is 5.54 Å². The molecule has 0 amide bonds. The van der Waals surface area contributed by atoms with E-state index in [1.807, 2.05) is 34.6 Å². The Morgan fingerprint density at radius 2 is 1.67 bits per heavy atom. The summed E-state index contributed by atoms with van der Waals surface area (Å²) in [4.78, 5) is 0. The zero-order valence-corrected chi connectivity index (χ0v) is 13.1. The van der Waals surface area contributed by atoms with Crippen LogP contribution in [0.25, 0.3) is 0 Å². The van der Waals surface area contributed by atoms with E-state index >= 15 is 0 Å². The maximum Gasteiger partial charge on any atom is 0.419 e. The van der Waals surface area contributed by atoms with E-state index in [1.165, 1.54) is 6.07 Å². The topological polar surface area (TPSA) is 12.0 Å². The van der Waals surface area contributed by atoms with Crippen LogP contribution in [0.5, 0.6) is 0 Å². The van der Waals surface area contributed by atoms with Gasteiger partial charge < -0.3 is 5.32 Å². The van der Waals surface area contributed by atoms with Gasteiger partial charge in [0.25, 0.3) is 0 Å². The molecular formula is C16H23F4N. The third kappa shape index (κ3) is 5.30. The van der Waals surface area contributed by atoms with Gasteiger partial charge in [-0.1, -0.05) is 19.9 Å². The summed E-state index contributed by atoms with van der Waals surface area (Å²) in [5.74, 6) is -1.18. The molecule has 0 saturated carbocycles. The summed E-state index contributed by atoms with van der Waals surface area (Å²) >= 11 is 0. The third-order valence-electron chi connectivity index (χ3n) is 3.63. The fraction of sp³-hybridized carbons (Fsp3) is 0.625. The molecule has 0 aromatic heterocycles. The molecular weight excluding hydrogens is 282 g/mol. The van der Waals surface area contributed by atoms with Crippen LogP contribution in [0.3, 0.4) is 0 Å². The van der Waals surface area contributed by atoms with Gasteiger partial charge in [-0.15, -0.1) is 0 Å². The average molecular weight is 305 g/mol. The smallest absolute Gasteiger partial charge is 0.312 e. The number of halogens is 4. The van der Waals surface area contributed by atoms with E-state index in [-0.39, 0.29) is 17.4 Å². The van der Waals surface area contributed by atoms with Gasteiger partial charge in [0.15, 0.2) is 0 Å². The lowest BCUT2D eigenvalue weighted by atomic mass is 9.87. The first kappa shape index (κ1) is 18.0. The second-order valence-corrected chi connectivity index (χ2v) is 6.63. The Morgan fingerprint density at radius 3 is 2.14 bits per heavy atom. The Bertz CT molecular complexity index is 474. The molecule has 1 nitrogen and oxygen atoms in total. The van der Waals surface area contributed by atoms with Gasteiger partial charge in [-0.2, -0.15) is 13.2 Å². The van der Waals surface area contributed by atoms with Crippen molar-refractivity contribution in [2.24, 2.45) is 5.92 Å². The fourth-order valence-corrected chi connectivity index (χ4v) is 2.02. The van der Waals surface area contributed by atoms with Crippen LogP contribution < -0.4 is 5.32 Å². The van der Waals surface area contributed by atoms with E-state index in [0.717, 1.165) is 12.1 Å². The molecule has 1 aromatic rings. The summed E-state index contributed by atoms with van der Waals surface area (Å²) in [7, 11) is 0. The zero-order valence-electron chi connectivity index (χ0n) is 13.1. The van der Waals surface area contributed by atoms with Crippen molar-refractivity contribution in [3.8, 4) is 0 Å². The van der Waals surface area contributed by atoms with Crippen molar-refractivity contribution < 1.29 is 17.6 Å². The highest BCUT2D eigenvalue weighted by molar-refractivity contribution is 5.29. The molecule has 2 unspecified atom stereocenters. The minimum atomic E-state index is -4.66. The molecule has 2 atom stereocenters. The second kappa shape index (κ2) is 6.34. The summed E-state index contributed by atoms with van der Waals surface area (Å²) in [6, 6.07) is 3.26. The first-order chi connectivity index (χ1) is 9.42. The molecule has 0 heterocycles. The minimum Gasteiger partial charge on any atom is -0.312 e. The van der Waals surface area contributed by atoms with E-state index in [4.69, 9.17) is 0 Å². The summed E-state index contributed by atoms with van der Waals surface area (Å²) in [5.41, 5.74) is -0.733. The molecule has 0 aliphatic rings. The van der Waals surface area contributed by atoms with Gasteiger partial charge in [-0.25, -0.2) is 4.39 Å². The van der Waals surface area contributed by atoms with Crippen molar-refractivity contribution in [3.05, 3.63) is 35.1 Å². The molecule has 120 valence electrons. The lowest BCUT2D eigenvalue weighted by Gasteiger charge is -2.27. The Kier molecular flexibility index (Phi) is 5.42. The van der Waals surface area contributed by atoms with Crippen molar-refractivity contribution in [3.63, 3.8) is 0 Å². The Morgan fingerprint density at radius 1 is 1.10 bits per heavy atom. The van der Waals surface area contributed by atoms with Crippen molar-refractivity contribution in [1.29, 1.82) is 0 Å². The van der Waals surface area contributed by atoms with Crippen molar-refractivity contribution >= 4 is 0 Å². The minimum absolute atomic E-state index is 0.0477. The van der Waals surface area contributed by atoms with Crippen LogP contribution in [0.4, 0.5) is 17.6 Å². The molecule has 0 spiro atoms. The van der Waals surface area contributed by atoms with Crippen LogP contribution in [0.1, 0.15) is 51.7 Å². The lowest BCUT2D eigenvalue weighted by molar-refractivity contribution is -0.140. The molecule has 1 aromatic carbocycles. The maximum atomic E-state index is 13.3. The maximum absolute atomic E-state index is 13.3. The van der Waals surface area contributed by atoms with Crippen molar-refractivity contribution in [2.45, 2.75) is 52.3 Å². The molecule has 1 rings (SSSR count). The summed E-state index contributed by atoms with van der Waals surface area (Å²) in [6.07, 6.45) is -4.66. The van der Waals surface area contributed by atoms with Gasteiger partial charge in [-0.3, -0.25) is 0 Å². The fourth-order valence-electron chi connectivity index (χ4n) is 2.02. The number of rotatable bonds is 4. The van der Waals surface area contributed by atoms with E-state index < -0.39 is 17.6 Å². The van der Waals surface area contributed by atoms with E-state index in [2.05, 4.69) is 5.32 Å². The predicted octanol–water partition coefficient (Wildman–Crippen LogP) is 4.97. The first-order valence-electron chi connectivity index (χ1n) is 7.03. The monoisotopic (exact) mass is 305 g/mol. The molecule has 0 bridgehead atoms. The Labute approximate surface area is 123 Å². The molecule has 0 aliphatic heterocycles. The van der Waals surface area contributed by atoms with Crippen molar-refractivity contribution in [1.82, 2.24) is 5.32 Å². The molecule has 0 radical (unpaired) electrons. The summed E-state index contributed by atoms with van der Waals surface area (Å²) < 4.78 is 51.5. The van der Waals surface area contributed by atoms with Gasteiger partial charge in [0.1, 0.15) is 5.82 Å². The van der Waals surface area contributed by atoms with Gasteiger partial charge in [0.2, 0.25) is 0 Å². The number of benzene rings is 1. The number of alkyl halides is 3. The third-order valence-corrected chi connectivity index (χ3v) is 3.63. The van der Waals surface area contributed by atoms with Crippen molar-refractivity contribution in [2.75, 3.05) is 6.54 Å². The van der Waals surface area contributed by atoms with E-state index in [1.54, 1.807) is 0 Å². The Hall–Kier alpha value is -1.10. The molecule has 5 heteroatoms. The normalized spacial score (nSPS) is 15.9. The zero-order chi connectivity index (χ0) is 16.4. The number of hydrogen-bond acceptors (Lipinski definition) is 1. The van der Waals surface area contributed by atoms with Crippen LogP contribution in [0.2, 0.25) is 0 Å². The van der Waals surface area contributed by atoms with E-state index in [9.17, 15) is 17.6 Å². The largest absolute Gasteiger partial charge is 0.419 e.